The highest BCUT2D eigenvalue weighted by molar-refractivity contribution is 7.92. The van der Waals surface area contributed by atoms with Crippen LogP contribution in [0.5, 0.6) is 0 Å². The fourth-order valence-electron chi connectivity index (χ4n) is 3.04. The van der Waals surface area contributed by atoms with E-state index in [1.54, 1.807) is 19.1 Å². The van der Waals surface area contributed by atoms with Gasteiger partial charge in [-0.1, -0.05) is 44.0 Å². The van der Waals surface area contributed by atoms with Crippen molar-refractivity contribution in [2.75, 3.05) is 15.9 Å². The van der Waals surface area contributed by atoms with Gasteiger partial charge < -0.3 is 5.32 Å². The van der Waals surface area contributed by atoms with Gasteiger partial charge in [0.25, 0.3) is 0 Å². The Kier molecular flexibility index (Phi) is 8.05. The maximum Gasteiger partial charge on any atom is 0.248 e. The first kappa shape index (κ1) is 23.2. The zero-order chi connectivity index (χ0) is 21.6. The zero-order valence-electron chi connectivity index (χ0n) is 16.8. The summed E-state index contributed by atoms with van der Waals surface area (Å²) < 4.78 is 39.4. The normalized spacial score (nSPS) is 12.4. The first-order chi connectivity index (χ1) is 13.7. The molecule has 2 aromatic rings. The third-order valence-corrected chi connectivity index (χ3v) is 6.00. The Hall–Kier alpha value is -2.12. The topological polar surface area (TPSA) is 66.5 Å². The minimum Gasteiger partial charge on any atom is -0.324 e. The molecule has 0 aromatic heterocycles. The van der Waals surface area contributed by atoms with Crippen LogP contribution in [0.4, 0.5) is 15.8 Å². The Morgan fingerprint density at radius 2 is 1.83 bits per heavy atom. The molecule has 1 atom stereocenters. The second-order valence-electron chi connectivity index (χ2n) is 6.87. The SMILES string of the molecule is CCCCc1ccc(NC(=O)[C@@H](CC)N(c2ccc(F)c(Cl)c2)S(C)(=O)=O)cc1. The van der Waals surface area contributed by atoms with Crippen LogP contribution >= 0.6 is 11.6 Å². The number of rotatable bonds is 9. The molecule has 0 spiro atoms. The molecular formula is C21H26ClFN2O3S. The lowest BCUT2D eigenvalue weighted by Crippen LogP contribution is -2.47. The molecule has 0 saturated heterocycles. The average molecular weight is 441 g/mol. The van der Waals surface area contributed by atoms with E-state index in [1.807, 2.05) is 12.1 Å². The van der Waals surface area contributed by atoms with E-state index in [2.05, 4.69) is 12.2 Å². The van der Waals surface area contributed by atoms with E-state index in [0.717, 1.165) is 35.9 Å². The van der Waals surface area contributed by atoms with E-state index in [4.69, 9.17) is 11.6 Å². The summed E-state index contributed by atoms with van der Waals surface area (Å²) in [6.45, 7) is 3.84. The molecule has 158 valence electrons. The van der Waals surface area contributed by atoms with Crippen LogP contribution in [-0.2, 0) is 21.2 Å². The van der Waals surface area contributed by atoms with Crippen molar-refractivity contribution in [1.29, 1.82) is 0 Å². The van der Waals surface area contributed by atoms with Crippen LogP contribution in [-0.4, -0.2) is 26.6 Å². The van der Waals surface area contributed by atoms with Crippen molar-refractivity contribution in [1.82, 2.24) is 0 Å². The largest absolute Gasteiger partial charge is 0.324 e. The Morgan fingerprint density at radius 3 is 2.34 bits per heavy atom. The quantitative estimate of drug-likeness (QED) is 0.596. The second-order valence-corrected chi connectivity index (χ2v) is 9.14. The Balaban J connectivity index is 2.27. The molecule has 0 bridgehead atoms. The molecule has 1 amide bonds. The molecule has 0 unspecified atom stereocenters. The summed E-state index contributed by atoms with van der Waals surface area (Å²) in [6.07, 6.45) is 4.39. The third-order valence-electron chi connectivity index (χ3n) is 4.53. The molecule has 2 rings (SSSR count). The summed E-state index contributed by atoms with van der Waals surface area (Å²) in [5.74, 6) is -1.13. The number of anilines is 2. The minimum absolute atomic E-state index is 0.135. The number of nitrogens with zero attached hydrogens (tertiary/aromatic N) is 1. The van der Waals surface area contributed by atoms with Gasteiger partial charge in [-0.2, -0.15) is 0 Å². The third kappa shape index (κ3) is 6.18. The fourth-order valence-corrected chi connectivity index (χ4v) is 4.42. The molecule has 2 aromatic carbocycles. The van der Waals surface area contributed by atoms with E-state index < -0.39 is 27.8 Å². The van der Waals surface area contributed by atoms with E-state index >= 15 is 0 Å². The van der Waals surface area contributed by atoms with Gasteiger partial charge in [-0.15, -0.1) is 0 Å². The van der Waals surface area contributed by atoms with Gasteiger partial charge in [0.1, 0.15) is 11.9 Å². The number of hydrogen-bond donors (Lipinski definition) is 1. The predicted molar refractivity (Wildman–Crippen MR) is 116 cm³/mol. The number of benzene rings is 2. The summed E-state index contributed by atoms with van der Waals surface area (Å²) >= 11 is 5.82. The van der Waals surface area contributed by atoms with Gasteiger partial charge >= 0.3 is 0 Å². The number of halogens is 2. The number of nitrogens with one attached hydrogen (secondary N) is 1. The lowest BCUT2D eigenvalue weighted by atomic mass is 10.1. The van der Waals surface area contributed by atoms with Crippen molar-refractivity contribution in [3.63, 3.8) is 0 Å². The van der Waals surface area contributed by atoms with Crippen LogP contribution in [0.25, 0.3) is 0 Å². The van der Waals surface area contributed by atoms with Crippen molar-refractivity contribution in [3.8, 4) is 0 Å². The Labute approximate surface area is 176 Å². The van der Waals surface area contributed by atoms with E-state index in [9.17, 15) is 17.6 Å². The molecular weight excluding hydrogens is 415 g/mol. The lowest BCUT2D eigenvalue weighted by Gasteiger charge is -2.30. The van der Waals surface area contributed by atoms with Gasteiger partial charge in [0.15, 0.2) is 0 Å². The van der Waals surface area contributed by atoms with Crippen molar-refractivity contribution in [2.45, 2.75) is 45.6 Å². The number of unbranched alkanes of at least 4 members (excludes halogenated alkanes) is 1. The summed E-state index contributed by atoms with van der Waals surface area (Å²) in [5, 5.41) is 2.56. The molecule has 1 N–H and O–H groups in total. The van der Waals surface area contributed by atoms with Gasteiger partial charge in [0.05, 0.1) is 17.0 Å². The highest BCUT2D eigenvalue weighted by Gasteiger charge is 2.32. The van der Waals surface area contributed by atoms with Crippen molar-refractivity contribution in [2.24, 2.45) is 0 Å². The molecule has 0 aliphatic carbocycles. The van der Waals surface area contributed by atoms with Crippen molar-refractivity contribution < 1.29 is 17.6 Å². The molecule has 8 heteroatoms. The predicted octanol–water partition coefficient (Wildman–Crippen LogP) is 5.01. The molecule has 5 nitrogen and oxygen atoms in total. The van der Waals surface area contributed by atoms with E-state index in [1.165, 1.54) is 17.7 Å². The molecule has 29 heavy (non-hydrogen) atoms. The molecule has 0 aliphatic heterocycles. The number of carbonyl (C=O) groups is 1. The summed E-state index contributed by atoms with van der Waals surface area (Å²) in [6, 6.07) is 10.1. The fraction of sp³-hybridized carbons (Fsp3) is 0.381. The first-order valence-electron chi connectivity index (χ1n) is 9.51. The lowest BCUT2D eigenvalue weighted by molar-refractivity contribution is -0.117. The molecule has 0 heterocycles. The first-order valence-corrected chi connectivity index (χ1v) is 11.7. The summed E-state index contributed by atoms with van der Waals surface area (Å²) in [7, 11) is -3.82. The van der Waals surface area contributed by atoms with Crippen LogP contribution < -0.4 is 9.62 Å². The molecule has 0 fully saturated rings. The summed E-state index contributed by atoms with van der Waals surface area (Å²) in [4.78, 5) is 12.9. The van der Waals surface area contributed by atoms with Crippen LogP contribution in [0, 0.1) is 5.82 Å². The van der Waals surface area contributed by atoms with Crippen molar-refractivity contribution in [3.05, 3.63) is 58.9 Å². The maximum absolute atomic E-state index is 13.5. The number of amides is 1. The van der Waals surface area contributed by atoms with Gasteiger partial charge in [-0.05, 0) is 55.2 Å². The number of carbonyl (C=O) groups excluding carboxylic acids is 1. The highest BCUT2D eigenvalue weighted by atomic mass is 35.5. The monoisotopic (exact) mass is 440 g/mol. The second kappa shape index (κ2) is 10.1. The maximum atomic E-state index is 13.5. The summed E-state index contributed by atoms with van der Waals surface area (Å²) in [5.41, 5.74) is 1.89. The molecule has 0 radical (unpaired) electrons. The smallest absolute Gasteiger partial charge is 0.248 e. The Bertz CT molecular complexity index is 949. The van der Waals surface area contributed by atoms with Crippen LogP contribution in [0.3, 0.4) is 0 Å². The zero-order valence-corrected chi connectivity index (χ0v) is 18.4. The number of aryl methyl sites for hydroxylation is 1. The van der Waals surface area contributed by atoms with Crippen LogP contribution in [0.15, 0.2) is 42.5 Å². The minimum atomic E-state index is -3.82. The van der Waals surface area contributed by atoms with Gasteiger partial charge in [0.2, 0.25) is 15.9 Å². The average Bonchev–Trinajstić information content (AvgIpc) is 2.66. The van der Waals surface area contributed by atoms with E-state index in [0.29, 0.717) is 5.69 Å². The van der Waals surface area contributed by atoms with Gasteiger partial charge in [0, 0.05) is 5.69 Å². The van der Waals surface area contributed by atoms with Gasteiger partial charge in [-0.3, -0.25) is 9.10 Å². The highest BCUT2D eigenvalue weighted by Crippen LogP contribution is 2.27. The van der Waals surface area contributed by atoms with Crippen LogP contribution in [0.2, 0.25) is 5.02 Å². The van der Waals surface area contributed by atoms with E-state index in [-0.39, 0.29) is 17.1 Å². The van der Waals surface area contributed by atoms with Crippen molar-refractivity contribution >= 4 is 38.9 Å². The number of sulfonamides is 1. The van der Waals surface area contributed by atoms with Gasteiger partial charge in [-0.25, -0.2) is 12.8 Å². The Morgan fingerprint density at radius 1 is 1.17 bits per heavy atom. The molecule has 0 saturated carbocycles. The van der Waals surface area contributed by atoms with Crippen LogP contribution in [0.1, 0.15) is 38.7 Å². The standard InChI is InChI=1S/C21H26ClFN2O3S/c1-4-6-7-15-8-10-16(11-9-15)24-21(26)20(5-2)25(29(3,27)28)17-12-13-19(23)18(22)14-17/h8-14,20H,4-7H2,1-3H3,(H,24,26)/t20-/m1/s1. The molecule has 0 aliphatic rings. The number of hydrogen-bond acceptors (Lipinski definition) is 3.